The number of benzene rings is 2. The standard InChI is InChI=1S/C34H41N9O8/c1-17(2)28-33(50)42-25(15-38-30(47)19-10-8-18(9-11-19)29(35)36)31(48)39-16-26(44)40-23(13-27(45)46)32(49)41-24(34(51)43(28)3)12-20-14-37-22-7-5-4-6-21(20)22/h4-11,14,17,23-25,28,37H,12-13,15-16H2,1-3H3,(H3,35,36)(H,38,47)(H,39,48)(H,40,44)(H,41,49)(H,42,50)(H,45,46)/t23-,24+,25-,28-/m0/s1. The van der Waals surface area contributed by atoms with Crippen molar-refractivity contribution in [1.29, 1.82) is 5.41 Å². The number of carbonyl (C=O) groups is 7. The molecule has 0 aliphatic carbocycles. The fraction of sp³-hybridized carbons (Fsp3) is 0.353. The number of likely N-dealkylation sites (N-methyl/N-ethyl adjacent to an activating group) is 1. The molecule has 2 heterocycles. The summed E-state index contributed by atoms with van der Waals surface area (Å²) < 4.78 is 0. The van der Waals surface area contributed by atoms with E-state index in [1.54, 1.807) is 26.1 Å². The molecule has 1 aromatic heterocycles. The molecule has 17 heteroatoms. The topological polar surface area (TPSA) is 269 Å². The molecule has 0 saturated carbocycles. The Balaban J connectivity index is 1.67. The number of nitrogens with two attached hydrogens (primary N) is 1. The van der Waals surface area contributed by atoms with Gasteiger partial charge in [0.15, 0.2) is 0 Å². The lowest BCUT2D eigenvalue weighted by Gasteiger charge is -2.34. The molecule has 1 aliphatic rings. The SMILES string of the molecule is CC(C)[C@H]1C(=O)N[C@@H](CNC(=O)c2ccc(C(=N)N)cc2)C(=O)NCC(=O)N[C@@H](CC(=O)O)C(=O)N[C@H](Cc2c[nH]c3ccccc23)C(=O)N1C. The molecule has 4 atom stereocenters. The first-order valence-corrected chi connectivity index (χ1v) is 16.1. The minimum Gasteiger partial charge on any atom is -0.481 e. The highest BCUT2D eigenvalue weighted by atomic mass is 16.4. The Kier molecular flexibility index (Phi) is 12.1. The van der Waals surface area contributed by atoms with E-state index in [9.17, 15) is 38.7 Å². The van der Waals surface area contributed by atoms with Crippen molar-refractivity contribution in [2.24, 2.45) is 11.7 Å². The number of carboxylic acid groups (broad SMARTS) is 1. The number of carboxylic acids is 1. The maximum atomic E-state index is 14.2. The second-order valence-electron chi connectivity index (χ2n) is 12.5. The number of amides is 6. The van der Waals surface area contributed by atoms with Crippen molar-refractivity contribution in [1.82, 2.24) is 36.5 Å². The number of aliphatic carboxylic acids is 1. The number of nitrogen functional groups attached to an aromatic ring is 1. The summed E-state index contributed by atoms with van der Waals surface area (Å²) in [7, 11) is 1.37. The van der Waals surface area contributed by atoms with E-state index in [1.165, 1.54) is 31.3 Å². The van der Waals surface area contributed by atoms with Crippen LogP contribution in [-0.4, -0.2) is 107 Å². The average Bonchev–Trinajstić information content (AvgIpc) is 3.49. The molecule has 2 aromatic carbocycles. The van der Waals surface area contributed by atoms with E-state index >= 15 is 0 Å². The highest BCUT2D eigenvalue weighted by Crippen LogP contribution is 2.21. The number of para-hydroxylation sites is 1. The van der Waals surface area contributed by atoms with Crippen LogP contribution in [-0.2, 0) is 35.2 Å². The smallest absolute Gasteiger partial charge is 0.305 e. The zero-order valence-electron chi connectivity index (χ0n) is 28.2. The van der Waals surface area contributed by atoms with Crippen LogP contribution >= 0.6 is 0 Å². The van der Waals surface area contributed by atoms with E-state index in [-0.39, 0.29) is 17.8 Å². The zero-order chi connectivity index (χ0) is 37.4. The molecular formula is C34H41N9O8. The van der Waals surface area contributed by atoms with Crippen molar-refractivity contribution < 1.29 is 38.7 Å². The minimum absolute atomic E-state index is 0.0544. The molecule has 6 amide bonds. The van der Waals surface area contributed by atoms with E-state index < -0.39 is 91.0 Å². The number of fused-ring (bicyclic) bond motifs is 1. The molecule has 0 unspecified atom stereocenters. The summed E-state index contributed by atoms with van der Waals surface area (Å²) in [4.78, 5) is 96.7. The molecular weight excluding hydrogens is 662 g/mol. The minimum atomic E-state index is -1.62. The Hall–Kier alpha value is -6.26. The summed E-state index contributed by atoms with van der Waals surface area (Å²) in [5.74, 6) is -6.93. The van der Waals surface area contributed by atoms with Crippen LogP contribution in [0.4, 0.5) is 0 Å². The predicted molar refractivity (Wildman–Crippen MR) is 184 cm³/mol. The lowest BCUT2D eigenvalue weighted by molar-refractivity contribution is -0.144. The van der Waals surface area contributed by atoms with Gasteiger partial charge in [0.25, 0.3) is 5.91 Å². The fourth-order valence-corrected chi connectivity index (χ4v) is 5.79. The van der Waals surface area contributed by atoms with E-state index in [0.29, 0.717) is 11.1 Å². The first-order chi connectivity index (χ1) is 24.2. The van der Waals surface area contributed by atoms with E-state index in [1.807, 2.05) is 18.2 Å². The van der Waals surface area contributed by atoms with E-state index in [4.69, 9.17) is 11.1 Å². The quantitative estimate of drug-likeness (QED) is 0.0972. The summed E-state index contributed by atoms with van der Waals surface area (Å²) in [6.45, 7) is 2.23. The van der Waals surface area contributed by atoms with Gasteiger partial charge in [0, 0.05) is 48.2 Å². The molecule has 51 heavy (non-hydrogen) atoms. The Morgan fingerprint density at radius 1 is 0.922 bits per heavy atom. The fourth-order valence-electron chi connectivity index (χ4n) is 5.79. The number of carbonyl (C=O) groups excluding carboxylic acids is 6. The predicted octanol–water partition coefficient (Wildman–Crippen LogP) is -1.03. The van der Waals surface area contributed by atoms with Gasteiger partial charge in [0.05, 0.1) is 13.0 Å². The van der Waals surface area contributed by atoms with Crippen LogP contribution in [0, 0.1) is 11.3 Å². The van der Waals surface area contributed by atoms with Gasteiger partial charge in [-0.2, -0.15) is 0 Å². The average molecular weight is 704 g/mol. The number of hydrogen-bond acceptors (Lipinski definition) is 8. The van der Waals surface area contributed by atoms with Gasteiger partial charge in [-0.1, -0.05) is 44.2 Å². The molecule has 1 saturated heterocycles. The van der Waals surface area contributed by atoms with Gasteiger partial charge >= 0.3 is 5.97 Å². The van der Waals surface area contributed by atoms with Gasteiger partial charge in [-0.3, -0.25) is 39.0 Å². The Labute approximate surface area is 292 Å². The van der Waals surface area contributed by atoms with Crippen molar-refractivity contribution in [3.8, 4) is 0 Å². The van der Waals surface area contributed by atoms with E-state index in [0.717, 1.165) is 15.8 Å². The number of H-pyrrole nitrogens is 1. The molecule has 1 aliphatic heterocycles. The largest absolute Gasteiger partial charge is 0.481 e. The van der Waals surface area contributed by atoms with Gasteiger partial charge in [-0.25, -0.2) is 0 Å². The number of hydrogen-bond donors (Lipinski definition) is 9. The first kappa shape index (κ1) is 37.6. The van der Waals surface area contributed by atoms with Crippen LogP contribution < -0.4 is 32.3 Å². The van der Waals surface area contributed by atoms with Crippen molar-refractivity contribution in [3.05, 3.63) is 71.4 Å². The van der Waals surface area contributed by atoms with Crippen molar-refractivity contribution in [2.75, 3.05) is 20.1 Å². The monoisotopic (exact) mass is 703 g/mol. The van der Waals surface area contributed by atoms with E-state index in [2.05, 4.69) is 31.6 Å². The number of amidine groups is 1. The molecule has 3 aromatic rings. The highest BCUT2D eigenvalue weighted by molar-refractivity contribution is 6.00. The van der Waals surface area contributed by atoms with Gasteiger partial charge in [-0.05, 0) is 29.7 Å². The van der Waals surface area contributed by atoms with Gasteiger partial charge < -0.3 is 47.3 Å². The summed E-state index contributed by atoms with van der Waals surface area (Å²) in [5, 5.41) is 30.2. The highest BCUT2D eigenvalue weighted by Gasteiger charge is 2.38. The third kappa shape index (κ3) is 9.46. The van der Waals surface area contributed by atoms with Crippen LogP contribution in [0.1, 0.15) is 41.8 Å². The second kappa shape index (κ2) is 16.4. The summed E-state index contributed by atoms with van der Waals surface area (Å²) in [6, 6.07) is 7.54. The maximum absolute atomic E-state index is 14.2. The Morgan fingerprint density at radius 3 is 2.22 bits per heavy atom. The molecule has 0 bridgehead atoms. The lowest BCUT2D eigenvalue weighted by atomic mass is 9.98. The van der Waals surface area contributed by atoms with Crippen molar-refractivity contribution in [2.45, 2.75) is 50.9 Å². The molecule has 1 fully saturated rings. The van der Waals surface area contributed by atoms with Crippen LogP contribution in [0.5, 0.6) is 0 Å². The number of nitrogens with one attached hydrogen (secondary N) is 7. The third-order valence-electron chi connectivity index (χ3n) is 8.39. The molecule has 270 valence electrons. The Morgan fingerprint density at radius 2 is 1.57 bits per heavy atom. The lowest BCUT2D eigenvalue weighted by Crippen LogP contribution is -2.60. The normalized spacial score (nSPS) is 20.8. The third-order valence-corrected chi connectivity index (χ3v) is 8.39. The van der Waals surface area contributed by atoms with Gasteiger partial charge in [0.2, 0.25) is 29.5 Å². The van der Waals surface area contributed by atoms with Crippen LogP contribution in [0.2, 0.25) is 0 Å². The molecule has 10 N–H and O–H groups in total. The zero-order valence-corrected chi connectivity index (χ0v) is 28.2. The van der Waals surface area contributed by atoms with Crippen molar-refractivity contribution in [3.63, 3.8) is 0 Å². The number of aromatic amines is 1. The summed E-state index contributed by atoms with van der Waals surface area (Å²) >= 11 is 0. The van der Waals surface area contributed by atoms with Gasteiger partial charge in [-0.15, -0.1) is 0 Å². The molecule has 17 nitrogen and oxygen atoms in total. The summed E-state index contributed by atoms with van der Waals surface area (Å²) in [6.07, 6.45) is 0.795. The number of aromatic nitrogens is 1. The van der Waals surface area contributed by atoms with Gasteiger partial charge in [0.1, 0.15) is 30.0 Å². The molecule has 0 radical (unpaired) electrons. The Bertz CT molecular complexity index is 1840. The second-order valence-corrected chi connectivity index (χ2v) is 12.5. The number of nitrogens with zero attached hydrogens (tertiary/aromatic N) is 1. The van der Waals surface area contributed by atoms with Crippen LogP contribution in [0.15, 0.2) is 54.7 Å². The number of rotatable bonds is 9. The first-order valence-electron chi connectivity index (χ1n) is 16.1. The van der Waals surface area contributed by atoms with Crippen molar-refractivity contribution >= 4 is 58.2 Å². The molecule has 0 spiro atoms. The van der Waals surface area contributed by atoms with Crippen LogP contribution in [0.25, 0.3) is 10.9 Å². The summed E-state index contributed by atoms with van der Waals surface area (Å²) in [5.41, 5.74) is 7.47. The maximum Gasteiger partial charge on any atom is 0.305 e. The molecule has 4 rings (SSSR count). The van der Waals surface area contributed by atoms with Crippen LogP contribution in [0.3, 0.4) is 0 Å².